The molecular formula is C15H20F3NO2. The summed E-state index contributed by atoms with van der Waals surface area (Å²) in [6.45, 7) is 3.73. The van der Waals surface area contributed by atoms with Crippen LogP contribution in [0.15, 0.2) is 24.3 Å². The molecule has 0 radical (unpaired) electrons. The molecule has 1 atom stereocenters. The Morgan fingerprint density at radius 1 is 1.33 bits per heavy atom. The zero-order chi connectivity index (χ0) is 16.0. The summed E-state index contributed by atoms with van der Waals surface area (Å²) in [5.41, 5.74) is -0.475. The quantitative estimate of drug-likeness (QED) is 0.849. The third-order valence-corrected chi connectivity index (χ3v) is 2.96. The monoisotopic (exact) mass is 303 g/mol. The lowest BCUT2D eigenvalue weighted by Gasteiger charge is -2.18. The van der Waals surface area contributed by atoms with Gasteiger partial charge >= 0.3 is 6.18 Å². The van der Waals surface area contributed by atoms with Crippen LogP contribution in [0.5, 0.6) is 0 Å². The van der Waals surface area contributed by atoms with Crippen LogP contribution in [0, 0.1) is 5.92 Å². The lowest BCUT2D eigenvalue weighted by atomic mass is 10.0. The van der Waals surface area contributed by atoms with E-state index >= 15 is 0 Å². The normalized spacial score (nSPS) is 13.3. The molecule has 1 rings (SSSR count). The van der Waals surface area contributed by atoms with Gasteiger partial charge in [0.1, 0.15) is 0 Å². The molecule has 0 saturated carbocycles. The molecule has 1 aromatic rings. The molecule has 6 heteroatoms. The van der Waals surface area contributed by atoms with Crippen molar-refractivity contribution < 1.29 is 23.1 Å². The number of hydrogen-bond acceptors (Lipinski definition) is 2. The maximum atomic E-state index is 12.6. The minimum atomic E-state index is -4.42. The predicted molar refractivity (Wildman–Crippen MR) is 73.6 cm³/mol. The Morgan fingerprint density at radius 3 is 2.52 bits per heavy atom. The molecule has 0 aliphatic heterocycles. The van der Waals surface area contributed by atoms with Gasteiger partial charge in [-0.1, -0.05) is 32.0 Å². The largest absolute Gasteiger partial charge is 0.416 e. The fourth-order valence-corrected chi connectivity index (χ4v) is 2.07. The van der Waals surface area contributed by atoms with Crippen molar-refractivity contribution >= 4 is 5.91 Å². The van der Waals surface area contributed by atoms with Gasteiger partial charge in [0.25, 0.3) is 0 Å². The molecule has 118 valence electrons. The van der Waals surface area contributed by atoms with Gasteiger partial charge in [-0.25, -0.2) is 0 Å². The van der Waals surface area contributed by atoms with Gasteiger partial charge in [0, 0.05) is 0 Å². The number of carbonyl (C=O) groups excluding carboxylic acids is 1. The molecule has 3 nitrogen and oxygen atoms in total. The number of alkyl halides is 3. The standard InChI is InChI=1S/C15H20F3NO2/c1-10(2)6-13(9-20)19-14(21)8-11-4-3-5-12(7-11)15(16,17)18/h3-5,7,10,13,20H,6,8-9H2,1-2H3,(H,19,21). The third-order valence-electron chi connectivity index (χ3n) is 2.96. The van der Waals surface area contributed by atoms with Crippen LogP contribution in [0.3, 0.4) is 0 Å². The first-order valence-corrected chi connectivity index (χ1v) is 6.78. The molecule has 21 heavy (non-hydrogen) atoms. The van der Waals surface area contributed by atoms with E-state index in [-0.39, 0.29) is 19.1 Å². The van der Waals surface area contributed by atoms with Gasteiger partial charge < -0.3 is 10.4 Å². The van der Waals surface area contributed by atoms with Crippen LogP contribution in [-0.2, 0) is 17.4 Å². The van der Waals surface area contributed by atoms with Gasteiger partial charge in [0.2, 0.25) is 5.91 Å². The summed E-state index contributed by atoms with van der Waals surface area (Å²) < 4.78 is 37.7. The van der Waals surface area contributed by atoms with Gasteiger partial charge in [0.05, 0.1) is 24.6 Å². The van der Waals surface area contributed by atoms with Crippen LogP contribution >= 0.6 is 0 Å². The minimum Gasteiger partial charge on any atom is -0.394 e. The van der Waals surface area contributed by atoms with Crippen LogP contribution in [0.4, 0.5) is 13.2 Å². The Kier molecular flexibility index (Phi) is 6.20. The van der Waals surface area contributed by atoms with Crippen molar-refractivity contribution in [3.63, 3.8) is 0 Å². The van der Waals surface area contributed by atoms with Gasteiger partial charge in [-0.2, -0.15) is 13.2 Å². The Hall–Kier alpha value is -1.56. The molecule has 0 fully saturated rings. The van der Waals surface area contributed by atoms with Crippen LogP contribution in [-0.4, -0.2) is 23.7 Å². The summed E-state index contributed by atoms with van der Waals surface area (Å²) in [4.78, 5) is 11.8. The molecule has 0 heterocycles. The van der Waals surface area contributed by atoms with E-state index in [0.29, 0.717) is 17.9 Å². The number of rotatable bonds is 6. The number of hydrogen-bond donors (Lipinski definition) is 2. The SMILES string of the molecule is CC(C)CC(CO)NC(=O)Cc1cccc(C(F)(F)F)c1. The van der Waals surface area contributed by atoms with E-state index in [0.717, 1.165) is 12.1 Å². The molecule has 2 N–H and O–H groups in total. The number of aliphatic hydroxyl groups excluding tert-OH is 1. The second-order valence-corrected chi connectivity index (χ2v) is 5.45. The van der Waals surface area contributed by atoms with E-state index in [2.05, 4.69) is 5.32 Å². The van der Waals surface area contributed by atoms with Crippen LogP contribution in [0.1, 0.15) is 31.4 Å². The number of nitrogens with one attached hydrogen (secondary N) is 1. The summed E-state index contributed by atoms with van der Waals surface area (Å²) in [6.07, 6.45) is -3.94. The third kappa shape index (κ3) is 6.16. The van der Waals surface area contributed by atoms with Crippen molar-refractivity contribution in [3.05, 3.63) is 35.4 Å². The zero-order valence-electron chi connectivity index (χ0n) is 12.1. The molecular weight excluding hydrogens is 283 g/mol. The molecule has 0 aliphatic carbocycles. The highest BCUT2D eigenvalue weighted by Crippen LogP contribution is 2.29. The lowest BCUT2D eigenvalue weighted by Crippen LogP contribution is -2.39. The van der Waals surface area contributed by atoms with Gasteiger partial charge in [0.15, 0.2) is 0 Å². The second kappa shape index (κ2) is 7.45. The van der Waals surface area contributed by atoms with E-state index in [1.807, 2.05) is 13.8 Å². The van der Waals surface area contributed by atoms with Crippen molar-refractivity contribution in [3.8, 4) is 0 Å². The van der Waals surface area contributed by atoms with Crippen LogP contribution in [0.25, 0.3) is 0 Å². The molecule has 0 aliphatic rings. The molecule has 1 aromatic carbocycles. The van der Waals surface area contributed by atoms with Gasteiger partial charge in [-0.3, -0.25) is 4.79 Å². The fraction of sp³-hybridized carbons (Fsp3) is 0.533. The highest BCUT2D eigenvalue weighted by Gasteiger charge is 2.30. The topological polar surface area (TPSA) is 49.3 Å². The van der Waals surface area contributed by atoms with Gasteiger partial charge in [-0.05, 0) is 24.0 Å². The lowest BCUT2D eigenvalue weighted by molar-refractivity contribution is -0.137. The van der Waals surface area contributed by atoms with Crippen LogP contribution in [0.2, 0.25) is 0 Å². The summed E-state index contributed by atoms with van der Waals surface area (Å²) in [7, 11) is 0. The first-order chi connectivity index (χ1) is 9.72. The summed E-state index contributed by atoms with van der Waals surface area (Å²) in [5, 5.41) is 11.8. The Morgan fingerprint density at radius 2 is 2.00 bits per heavy atom. The number of benzene rings is 1. The van der Waals surface area contributed by atoms with E-state index in [1.54, 1.807) is 0 Å². The Balaban J connectivity index is 2.66. The number of carbonyl (C=O) groups is 1. The van der Waals surface area contributed by atoms with Gasteiger partial charge in [-0.15, -0.1) is 0 Å². The Labute approximate surface area is 122 Å². The first-order valence-electron chi connectivity index (χ1n) is 6.78. The van der Waals surface area contributed by atoms with Crippen molar-refractivity contribution in [2.24, 2.45) is 5.92 Å². The molecule has 0 aromatic heterocycles. The molecule has 1 unspecified atom stereocenters. The number of amides is 1. The molecule has 0 bridgehead atoms. The zero-order valence-corrected chi connectivity index (χ0v) is 12.1. The fourth-order valence-electron chi connectivity index (χ4n) is 2.07. The second-order valence-electron chi connectivity index (χ2n) is 5.45. The maximum Gasteiger partial charge on any atom is 0.416 e. The number of halogens is 3. The van der Waals surface area contributed by atoms with Crippen LogP contribution < -0.4 is 5.32 Å². The van der Waals surface area contributed by atoms with Crippen molar-refractivity contribution in [1.82, 2.24) is 5.32 Å². The van der Waals surface area contributed by atoms with E-state index in [9.17, 15) is 23.1 Å². The molecule has 0 saturated heterocycles. The van der Waals surface area contributed by atoms with E-state index in [4.69, 9.17) is 0 Å². The molecule has 1 amide bonds. The van der Waals surface area contributed by atoms with E-state index in [1.165, 1.54) is 12.1 Å². The van der Waals surface area contributed by atoms with Crippen molar-refractivity contribution in [2.45, 2.75) is 38.9 Å². The Bertz CT molecular complexity index is 472. The first kappa shape index (κ1) is 17.5. The minimum absolute atomic E-state index is 0.140. The van der Waals surface area contributed by atoms with E-state index < -0.39 is 17.6 Å². The predicted octanol–water partition coefficient (Wildman–Crippen LogP) is 2.77. The average molecular weight is 303 g/mol. The van der Waals surface area contributed by atoms with Crippen molar-refractivity contribution in [2.75, 3.05) is 6.61 Å². The number of aliphatic hydroxyl groups is 1. The summed E-state index contributed by atoms with van der Waals surface area (Å²) in [5.74, 6) is -0.0926. The summed E-state index contributed by atoms with van der Waals surface area (Å²) >= 11 is 0. The molecule has 0 spiro atoms. The highest BCUT2D eigenvalue weighted by atomic mass is 19.4. The van der Waals surface area contributed by atoms with Crippen molar-refractivity contribution in [1.29, 1.82) is 0 Å². The highest BCUT2D eigenvalue weighted by molar-refractivity contribution is 5.78. The smallest absolute Gasteiger partial charge is 0.394 e. The average Bonchev–Trinajstić information content (AvgIpc) is 2.36. The summed E-state index contributed by atoms with van der Waals surface area (Å²) in [6, 6.07) is 4.32. The maximum absolute atomic E-state index is 12.6.